The second kappa shape index (κ2) is 5.57. The van der Waals surface area contributed by atoms with E-state index in [4.69, 9.17) is 5.73 Å². The molecule has 104 valence electrons. The minimum atomic E-state index is -0.295. The van der Waals surface area contributed by atoms with Crippen molar-refractivity contribution in [1.29, 1.82) is 0 Å². The molecule has 1 aromatic rings. The van der Waals surface area contributed by atoms with Crippen LogP contribution in [0.2, 0.25) is 0 Å². The third kappa shape index (κ3) is 3.23. The second-order valence-corrected chi connectivity index (χ2v) is 5.29. The minimum absolute atomic E-state index is 0.00115. The van der Waals surface area contributed by atoms with Gasteiger partial charge < -0.3 is 15.7 Å². The molecule has 1 fully saturated rings. The number of carbonyl (C=O) groups excluding carboxylic acids is 1. The maximum atomic E-state index is 12.4. The topological polar surface area (TPSA) is 79.5 Å². The Morgan fingerprint density at radius 2 is 2.11 bits per heavy atom. The molecular formula is C14H21N3O2. The van der Waals surface area contributed by atoms with Crippen molar-refractivity contribution in [2.24, 2.45) is 5.92 Å². The van der Waals surface area contributed by atoms with Crippen molar-refractivity contribution in [1.82, 2.24) is 9.88 Å². The van der Waals surface area contributed by atoms with Gasteiger partial charge in [0.2, 0.25) is 0 Å². The molecule has 1 unspecified atom stereocenters. The Morgan fingerprint density at radius 1 is 1.47 bits per heavy atom. The number of nitrogen functional groups attached to an aromatic ring is 1. The number of aliphatic hydroxyl groups excluding tert-OH is 1. The van der Waals surface area contributed by atoms with Crippen molar-refractivity contribution >= 4 is 11.7 Å². The number of aromatic nitrogens is 1. The summed E-state index contributed by atoms with van der Waals surface area (Å²) in [6.07, 6.45) is 1.40. The summed E-state index contributed by atoms with van der Waals surface area (Å²) in [5.74, 6) is 0.678. The van der Waals surface area contributed by atoms with Crippen molar-refractivity contribution in [3.05, 3.63) is 23.4 Å². The highest BCUT2D eigenvalue weighted by Crippen LogP contribution is 2.22. The number of hydrogen-bond acceptors (Lipinski definition) is 4. The molecule has 2 rings (SSSR count). The molecule has 5 heteroatoms. The van der Waals surface area contributed by atoms with Crippen LogP contribution in [0.1, 0.15) is 35.8 Å². The predicted octanol–water partition coefficient (Wildman–Crippen LogP) is 1.21. The highest BCUT2D eigenvalue weighted by atomic mass is 16.3. The van der Waals surface area contributed by atoms with Gasteiger partial charge in [-0.2, -0.15) is 0 Å². The quantitative estimate of drug-likeness (QED) is 0.840. The van der Waals surface area contributed by atoms with E-state index in [1.54, 1.807) is 12.1 Å². The number of carbonyl (C=O) groups is 1. The lowest BCUT2D eigenvalue weighted by molar-refractivity contribution is 0.0521. The number of aliphatic hydroxyl groups is 1. The number of anilines is 1. The van der Waals surface area contributed by atoms with Gasteiger partial charge in [-0.15, -0.1) is 0 Å². The van der Waals surface area contributed by atoms with Crippen LogP contribution in [0.25, 0.3) is 0 Å². The summed E-state index contributed by atoms with van der Waals surface area (Å²) in [6, 6.07) is 3.38. The largest absolute Gasteiger partial charge is 0.393 e. The molecule has 0 saturated carbocycles. The van der Waals surface area contributed by atoms with Gasteiger partial charge in [-0.3, -0.25) is 4.79 Å². The number of pyridine rings is 1. The lowest BCUT2D eigenvalue weighted by Crippen LogP contribution is -2.40. The lowest BCUT2D eigenvalue weighted by Gasteiger charge is -2.33. The molecule has 0 aromatic carbocycles. The van der Waals surface area contributed by atoms with Gasteiger partial charge >= 0.3 is 0 Å². The second-order valence-electron chi connectivity index (χ2n) is 5.29. The predicted molar refractivity (Wildman–Crippen MR) is 73.7 cm³/mol. The monoisotopic (exact) mass is 263 g/mol. The van der Waals surface area contributed by atoms with Crippen molar-refractivity contribution < 1.29 is 9.90 Å². The summed E-state index contributed by atoms with van der Waals surface area (Å²) >= 11 is 0. The molecule has 5 nitrogen and oxygen atoms in total. The standard InChI is InChI=1S/C14H21N3O2/c1-9-7-12(8-13(15)16-9)14(19)17-5-3-11(4-6-17)10(2)18/h7-8,10-11,18H,3-6H2,1-2H3,(H2,15,16). The van der Waals surface area contributed by atoms with Crippen LogP contribution in [-0.4, -0.2) is 40.1 Å². The SMILES string of the molecule is Cc1cc(C(=O)N2CCC(C(C)O)CC2)cc(N)n1. The Kier molecular flexibility index (Phi) is 4.04. The Morgan fingerprint density at radius 3 is 2.63 bits per heavy atom. The number of nitrogens with zero attached hydrogens (tertiary/aromatic N) is 2. The average Bonchev–Trinajstić information content (AvgIpc) is 2.37. The number of likely N-dealkylation sites (tertiary alicyclic amines) is 1. The van der Waals surface area contributed by atoms with E-state index in [-0.39, 0.29) is 12.0 Å². The number of nitrogens with two attached hydrogens (primary N) is 1. The van der Waals surface area contributed by atoms with Crippen LogP contribution in [0.15, 0.2) is 12.1 Å². The van der Waals surface area contributed by atoms with Gasteiger partial charge in [-0.25, -0.2) is 4.98 Å². The fourth-order valence-electron chi connectivity index (χ4n) is 2.59. The van der Waals surface area contributed by atoms with Crippen LogP contribution in [0.5, 0.6) is 0 Å². The van der Waals surface area contributed by atoms with Crippen LogP contribution < -0.4 is 5.73 Å². The van der Waals surface area contributed by atoms with Gasteiger partial charge in [0.05, 0.1) is 6.10 Å². The van der Waals surface area contributed by atoms with Gasteiger partial charge in [-0.05, 0) is 44.7 Å². The summed E-state index contributed by atoms with van der Waals surface area (Å²) in [5.41, 5.74) is 7.02. The van der Waals surface area contributed by atoms with Crippen molar-refractivity contribution in [3.8, 4) is 0 Å². The number of hydrogen-bond donors (Lipinski definition) is 2. The van der Waals surface area contributed by atoms with E-state index < -0.39 is 0 Å². The lowest BCUT2D eigenvalue weighted by atomic mass is 9.92. The normalized spacial score (nSPS) is 18.4. The molecule has 1 aliphatic rings. The van der Waals surface area contributed by atoms with Gasteiger partial charge in [-0.1, -0.05) is 0 Å². The van der Waals surface area contributed by atoms with Crippen LogP contribution in [0.4, 0.5) is 5.82 Å². The number of rotatable bonds is 2. The summed E-state index contributed by atoms with van der Waals surface area (Å²) in [7, 11) is 0. The molecule has 2 heterocycles. The zero-order valence-electron chi connectivity index (χ0n) is 11.5. The highest BCUT2D eigenvalue weighted by Gasteiger charge is 2.26. The maximum Gasteiger partial charge on any atom is 0.254 e. The van der Waals surface area contributed by atoms with E-state index in [0.717, 1.165) is 18.5 Å². The molecule has 1 atom stereocenters. The van der Waals surface area contributed by atoms with Crippen LogP contribution in [-0.2, 0) is 0 Å². The first kappa shape index (κ1) is 13.8. The Bertz CT molecular complexity index is 446. The summed E-state index contributed by atoms with van der Waals surface area (Å²) in [6.45, 7) is 5.02. The molecule has 0 aliphatic carbocycles. The number of piperidine rings is 1. The molecule has 1 aliphatic heterocycles. The number of aryl methyl sites for hydroxylation is 1. The zero-order valence-corrected chi connectivity index (χ0v) is 11.5. The smallest absolute Gasteiger partial charge is 0.254 e. The van der Waals surface area contributed by atoms with Crippen molar-refractivity contribution in [2.45, 2.75) is 32.8 Å². The zero-order chi connectivity index (χ0) is 14.0. The average molecular weight is 263 g/mol. The fourth-order valence-corrected chi connectivity index (χ4v) is 2.59. The van der Waals surface area contributed by atoms with E-state index in [1.807, 2.05) is 18.7 Å². The van der Waals surface area contributed by atoms with Crippen molar-refractivity contribution in [2.75, 3.05) is 18.8 Å². The van der Waals surface area contributed by atoms with Gasteiger partial charge in [0, 0.05) is 24.3 Å². The first-order chi connectivity index (χ1) is 8.97. The van der Waals surface area contributed by atoms with E-state index in [1.165, 1.54) is 0 Å². The maximum absolute atomic E-state index is 12.4. The van der Waals surface area contributed by atoms with Crippen molar-refractivity contribution in [3.63, 3.8) is 0 Å². The molecule has 19 heavy (non-hydrogen) atoms. The van der Waals surface area contributed by atoms with E-state index in [2.05, 4.69) is 4.98 Å². The minimum Gasteiger partial charge on any atom is -0.393 e. The molecular weight excluding hydrogens is 242 g/mol. The van der Waals surface area contributed by atoms with E-state index in [0.29, 0.717) is 30.4 Å². The van der Waals surface area contributed by atoms with Gasteiger partial charge in [0.1, 0.15) is 5.82 Å². The molecule has 0 spiro atoms. The van der Waals surface area contributed by atoms with Gasteiger partial charge in [0.25, 0.3) is 5.91 Å². The summed E-state index contributed by atoms with van der Waals surface area (Å²) in [4.78, 5) is 18.3. The molecule has 1 amide bonds. The first-order valence-corrected chi connectivity index (χ1v) is 6.69. The molecule has 3 N–H and O–H groups in total. The molecule has 0 bridgehead atoms. The Hall–Kier alpha value is -1.62. The third-order valence-electron chi connectivity index (χ3n) is 3.73. The van der Waals surface area contributed by atoms with Crippen LogP contribution >= 0.6 is 0 Å². The first-order valence-electron chi connectivity index (χ1n) is 6.69. The van der Waals surface area contributed by atoms with E-state index in [9.17, 15) is 9.90 Å². The Balaban J connectivity index is 2.05. The summed E-state index contributed by atoms with van der Waals surface area (Å²) < 4.78 is 0. The fraction of sp³-hybridized carbons (Fsp3) is 0.571. The van der Waals surface area contributed by atoms with Crippen LogP contribution in [0, 0.1) is 12.8 Å². The molecule has 1 saturated heterocycles. The molecule has 0 radical (unpaired) electrons. The van der Waals surface area contributed by atoms with E-state index >= 15 is 0 Å². The Labute approximate surface area is 113 Å². The third-order valence-corrected chi connectivity index (χ3v) is 3.73. The van der Waals surface area contributed by atoms with Crippen LogP contribution in [0.3, 0.4) is 0 Å². The summed E-state index contributed by atoms with van der Waals surface area (Å²) in [5, 5.41) is 9.56. The van der Waals surface area contributed by atoms with Gasteiger partial charge in [0.15, 0.2) is 0 Å². The number of amides is 1. The highest BCUT2D eigenvalue weighted by molar-refractivity contribution is 5.95. The molecule has 1 aromatic heterocycles.